The molecule has 0 radical (unpaired) electrons. The van der Waals surface area contributed by atoms with E-state index in [2.05, 4.69) is 10.6 Å². The molecule has 33 heavy (non-hydrogen) atoms. The molecule has 0 fully saturated rings. The van der Waals surface area contributed by atoms with Crippen molar-refractivity contribution < 1.29 is 23.9 Å². The lowest BCUT2D eigenvalue weighted by Gasteiger charge is -2.36. The highest BCUT2D eigenvalue weighted by Crippen LogP contribution is 2.27. The van der Waals surface area contributed by atoms with Crippen LogP contribution in [0.1, 0.15) is 51.4 Å². The summed E-state index contributed by atoms with van der Waals surface area (Å²) in [6, 6.07) is 4.40. The van der Waals surface area contributed by atoms with Crippen LogP contribution < -0.4 is 15.4 Å². The molecule has 1 aliphatic rings. The maximum Gasteiger partial charge on any atom is 0.319 e. The number of carbonyl (C=O) groups excluding carboxylic acids is 3. The van der Waals surface area contributed by atoms with Gasteiger partial charge in [-0.1, -0.05) is 13.8 Å². The van der Waals surface area contributed by atoms with Crippen LogP contribution in [0, 0.1) is 5.92 Å². The van der Waals surface area contributed by atoms with E-state index in [1.807, 2.05) is 39.5 Å². The first-order valence-corrected chi connectivity index (χ1v) is 11.5. The number of benzene rings is 1. The van der Waals surface area contributed by atoms with E-state index < -0.39 is 0 Å². The molecule has 1 aromatic rings. The number of methoxy groups -OCH3 is 1. The number of ether oxygens (including phenoxy) is 2. The molecular formula is C24H38N4O5. The molecule has 1 heterocycles. The van der Waals surface area contributed by atoms with Gasteiger partial charge in [0.1, 0.15) is 12.4 Å². The van der Waals surface area contributed by atoms with Gasteiger partial charge in [0, 0.05) is 57.4 Å². The van der Waals surface area contributed by atoms with Gasteiger partial charge in [-0.3, -0.25) is 9.59 Å². The molecule has 2 rings (SSSR count). The number of hydrogen-bond donors (Lipinski definition) is 2. The zero-order valence-electron chi connectivity index (χ0n) is 20.8. The Morgan fingerprint density at radius 1 is 1.24 bits per heavy atom. The molecule has 0 aliphatic carbocycles. The third kappa shape index (κ3) is 7.08. The van der Waals surface area contributed by atoms with Crippen molar-refractivity contribution in [3.63, 3.8) is 0 Å². The minimum Gasteiger partial charge on any atom is -0.491 e. The Labute approximate surface area is 196 Å². The summed E-state index contributed by atoms with van der Waals surface area (Å²) in [5.74, 6) is 0.211. The zero-order valence-corrected chi connectivity index (χ0v) is 20.8. The predicted molar refractivity (Wildman–Crippen MR) is 128 cm³/mol. The van der Waals surface area contributed by atoms with Crippen molar-refractivity contribution in [1.29, 1.82) is 0 Å². The maximum absolute atomic E-state index is 13.2. The van der Waals surface area contributed by atoms with E-state index in [1.165, 1.54) is 0 Å². The zero-order chi connectivity index (χ0) is 24.7. The average Bonchev–Trinajstić information content (AvgIpc) is 2.76. The molecule has 9 heteroatoms. The van der Waals surface area contributed by atoms with Crippen molar-refractivity contribution in [2.24, 2.45) is 5.92 Å². The molecule has 0 unspecified atom stereocenters. The van der Waals surface area contributed by atoms with Crippen LogP contribution in [0.5, 0.6) is 5.75 Å². The second-order valence-corrected chi connectivity index (χ2v) is 8.96. The fraction of sp³-hybridized carbons (Fsp3) is 0.625. The van der Waals surface area contributed by atoms with Gasteiger partial charge in [-0.2, -0.15) is 0 Å². The highest BCUT2D eigenvalue weighted by molar-refractivity contribution is 5.98. The van der Waals surface area contributed by atoms with Crippen LogP contribution in [0.2, 0.25) is 0 Å². The number of fused-ring (bicyclic) bond motifs is 1. The average molecular weight is 463 g/mol. The van der Waals surface area contributed by atoms with Crippen molar-refractivity contribution in [1.82, 2.24) is 15.1 Å². The quantitative estimate of drug-likeness (QED) is 0.717. The summed E-state index contributed by atoms with van der Waals surface area (Å²) in [6.45, 7) is 10.6. The molecule has 1 aromatic carbocycles. The van der Waals surface area contributed by atoms with Crippen molar-refractivity contribution in [2.45, 2.75) is 59.2 Å². The molecule has 2 N–H and O–H groups in total. The standard InChI is InChI=1S/C24H38N4O5/c1-8-22(29)28-12-16(4)21(32-7)13-27(6)23(30)19-10-9-18(26-24(31)25-15(2)3)11-20(19)33-14-17(28)5/h9-11,15-17,21H,8,12-14H2,1-7H3,(H2,25,26,31)/t16-,17-,21-/m0/s1. The van der Waals surface area contributed by atoms with Gasteiger partial charge >= 0.3 is 6.03 Å². The normalized spacial score (nSPS) is 22.1. The van der Waals surface area contributed by atoms with Crippen LogP contribution in [-0.4, -0.2) is 79.7 Å². The largest absolute Gasteiger partial charge is 0.491 e. The topological polar surface area (TPSA) is 100 Å². The van der Waals surface area contributed by atoms with Crippen molar-refractivity contribution in [2.75, 3.05) is 39.2 Å². The molecule has 0 aromatic heterocycles. The fourth-order valence-corrected chi connectivity index (χ4v) is 3.83. The minimum absolute atomic E-state index is 0.0141. The number of carbonyl (C=O) groups is 3. The maximum atomic E-state index is 13.2. The van der Waals surface area contributed by atoms with Gasteiger partial charge in [-0.15, -0.1) is 0 Å². The summed E-state index contributed by atoms with van der Waals surface area (Å²) in [4.78, 5) is 41.4. The number of nitrogens with one attached hydrogen (secondary N) is 2. The fourth-order valence-electron chi connectivity index (χ4n) is 3.83. The van der Waals surface area contributed by atoms with Crippen molar-refractivity contribution >= 4 is 23.5 Å². The number of hydrogen-bond acceptors (Lipinski definition) is 5. The highest BCUT2D eigenvalue weighted by Gasteiger charge is 2.29. The Hall–Kier alpha value is -2.81. The first-order chi connectivity index (χ1) is 15.6. The molecule has 3 atom stereocenters. The number of rotatable bonds is 4. The number of nitrogens with zero attached hydrogens (tertiary/aromatic N) is 2. The van der Waals surface area contributed by atoms with E-state index in [9.17, 15) is 14.4 Å². The van der Waals surface area contributed by atoms with Gasteiger partial charge in [0.2, 0.25) is 5.91 Å². The third-order valence-electron chi connectivity index (χ3n) is 5.75. The Bertz CT molecular complexity index is 844. The van der Waals surface area contributed by atoms with Crippen LogP contribution in [0.4, 0.5) is 10.5 Å². The van der Waals surface area contributed by atoms with Crippen molar-refractivity contribution in [3.05, 3.63) is 23.8 Å². The van der Waals surface area contributed by atoms with E-state index >= 15 is 0 Å². The summed E-state index contributed by atoms with van der Waals surface area (Å²) >= 11 is 0. The molecule has 184 valence electrons. The predicted octanol–water partition coefficient (Wildman–Crippen LogP) is 2.96. The molecule has 0 bridgehead atoms. The minimum atomic E-state index is -0.341. The molecule has 4 amide bonds. The Kier molecular flexibility index (Phi) is 9.52. The van der Waals surface area contributed by atoms with Crippen LogP contribution in [-0.2, 0) is 9.53 Å². The first kappa shape index (κ1) is 26.4. The Morgan fingerprint density at radius 3 is 2.55 bits per heavy atom. The van der Waals surface area contributed by atoms with Crippen molar-refractivity contribution in [3.8, 4) is 5.75 Å². The van der Waals surface area contributed by atoms with E-state index in [1.54, 1.807) is 37.3 Å². The Morgan fingerprint density at radius 2 is 1.94 bits per heavy atom. The van der Waals surface area contributed by atoms with Gasteiger partial charge in [-0.05, 0) is 32.9 Å². The molecule has 0 spiro atoms. The Balaban J connectivity index is 2.41. The SMILES string of the molecule is CCC(=O)N1C[C@H](C)[C@@H](OC)CN(C)C(=O)c2ccc(NC(=O)NC(C)C)cc2OC[C@@H]1C. The molecule has 0 saturated heterocycles. The lowest BCUT2D eigenvalue weighted by molar-refractivity contribution is -0.135. The number of anilines is 1. The van der Waals surface area contributed by atoms with E-state index in [4.69, 9.17) is 9.47 Å². The third-order valence-corrected chi connectivity index (χ3v) is 5.75. The summed E-state index contributed by atoms with van der Waals surface area (Å²) in [7, 11) is 3.34. The second kappa shape index (κ2) is 11.9. The number of amides is 4. The van der Waals surface area contributed by atoms with Gasteiger partial charge in [0.25, 0.3) is 5.91 Å². The molecule has 9 nitrogen and oxygen atoms in total. The van der Waals surface area contributed by atoms with Crippen LogP contribution >= 0.6 is 0 Å². The smallest absolute Gasteiger partial charge is 0.319 e. The lowest BCUT2D eigenvalue weighted by atomic mass is 10.0. The molecule has 1 aliphatic heterocycles. The number of urea groups is 1. The van der Waals surface area contributed by atoms with Crippen LogP contribution in [0.25, 0.3) is 0 Å². The lowest BCUT2D eigenvalue weighted by Crippen LogP contribution is -2.48. The van der Waals surface area contributed by atoms with Crippen LogP contribution in [0.3, 0.4) is 0 Å². The number of likely N-dealkylation sites (N-methyl/N-ethyl adjacent to an activating group) is 1. The van der Waals surface area contributed by atoms with Gasteiger partial charge in [-0.25, -0.2) is 4.79 Å². The second-order valence-electron chi connectivity index (χ2n) is 8.96. The van der Waals surface area contributed by atoms with E-state index in [-0.39, 0.29) is 48.6 Å². The molecular weight excluding hydrogens is 424 g/mol. The first-order valence-electron chi connectivity index (χ1n) is 11.5. The van der Waals surface area contributed by atoms with E-state index in [0.29, 0.717) is 36.5 Å². The summed E-state index contributed by atoms with van der Waals surface area (Å²) < 4.78 is 11.8. The van der Waals surface area contributed by atoms with Gasteiger partial charge < -0.3 is 29.9 Å². The van der Waals surface area contributed by atoms with Gasteiger partial charge in [0.15, 0.2) is 0 Å². The van der Waals surface area contributed by atoms with Gasteiger partial charge in [0.05, 0.1) is 17.7 Å². The highest BCUT2D eigenvalue weighted by atomic mass is 16.5. The monoisotopic (exact) mass is 462 g/mol. The summed E-state index contributed by atoms with van der Waals surface area (Å²) in [5.41, 5.74) is 0.892. The summed E-state index contributed by atoms with van der Waals surface area (Å²) in [6.07, 6.45) is 0.158. The molecule has 0 saturated carbocycles. The summed E-state index contributed by atoms with van der Waals surface area (Å²) in [5, 5.41) is 5.53. The van der Waals surface area contributed by atoms with Crippen LogP contribution in [0.15, 0.2) is 18.2 Å². The van der Waals surface area contributed by atoms with E-state index in [0.717, 1.165) is 0 Å².